The van der Waals surface area contributed by atoms with Gasteiger partial charge in [-0.15, -0.1) is 0 Å². The first-order valence-electron chi connectivity index (χ1n) is 12.0. The maximum Gasteiger partial charge on any atom is 0.406 e. The summed E-state index contributed by atoms with van der Waals surface area (Å²) in [4.78, 5) is 40.1. The van der Waals surface area contributed by atoms with Crippen LogP contribution in [0.2, 0.25) is 0 Å². The molecule has 0 amide bonds. The van der Waals surface area contributed by atoms with Crippen molar-refractivity contribution in [2.45, 2.75) is 77.3 Å². The quantitative estimate of drug-likeness (QED) is 0.135. The van der Waals surface area contributed by atoms with Gasteiger partial charge < -0.3 is 20.3 Å². The van der Waals surface area contributed by atoms with Crippen LogP contribution in [0.3, 0.4) is 0 Å². The van der Waals surface area contributed by atoms with Gasteiger partial charge >= 0.3 is 19.4 Å². The van der Waals surface area contributed by atoms with Gasteiger partial charge in [-0.05, 0) is 26.8 Å². The van der Waals surface area contributed by atoms with E-state index in [2.05, 4.69) is 10.1 Å². The molecule has 0 saturated carbocycles. The third-order valence-corrected chi connectivity index (χ3v) is 8.51. The van der Waals surface area contributed by atoms with Crippen LogP contribution in [-0.2, 0) is 32.7 Å². The zero-order valence-electron chi connectivity index (χ0n) is 22.5. The fraction of sp³-hybridized carbons (Fsp3) is 0.727. The number of halogens is 2. The lowest BCUT2D eigenvalue weighted by atomic mass is 10.00. The Morgan fingerprint density at radius 1 is 1.38 bits per heavy atom. The van der Waals surface area contributed by atoms with Crippen molar-refractivity contribution in [3.05, 3.63) is 22.7 Å². The number of esters is 1. The van der Waals surface area contributed by atoms with Gasteiger partial charge in [-0.25, -0.2) is 18.8 Å². The van der Waals surface area contributed by atoms with E-state index in [9.17, 15) is 24.1 Å². The van der Waals surface area contributed by atoms with Crippen molar-refractivity contribution in [2.24, 2.45) is 5.41 Å². The number of hydrogen-bond acceptors (Lipinski definition) is 12. The molecule has 1 aliphatic heterocycles. The number of carbonyl (C=O) groups excluding carboxylic acids is 2. The summed E-state index contributed by atoms with van der Waals surface area (Å²) in [5.41, 5.74) is 3.87. The molecule has 222 valence electrons. The molecule has 0 aliphatic carbocycles. The molecule has 2 heterocycles. The van der Waals surface area contributed by atoms with E-state index in [1.165, 1.54) is 13.0 Å². The molecule has 0 aromatic carbocycles. The number of aliphatic hydroxyl groups excluding tert-OH is 1. The SMILES string of the molecule is CC(C)OC(=O)[C@@H](C)N[P@](=O)(OCCSC(=O)C(C)(C)C)OC[C@H]1O[C@@H](n2ccc(N)nc2=O)[C@@](F)(Cl)[C@@H]1O. The van der Waals surface area contributed by atoms with Crippen LogP contribution in [0.4, 0.5) is 10.2 Å². The first-order chi connectivity index (χ1) is 17.9. The normalized spacial score (nSPS) is 25.8. The van der Waals surface area contributed by atoms with Gasteiger partial charge in [0.2, 0.25) is 0 Å². The van der Waals surface area contributed by atoms with E-state index < -0.39 is 67.1 Å². The van der Waals surface area contributed by atoms with Gasteiger partial charge in [0.25, 0.3) is 5.13 Å². The fourth-order valence-electron chi connectivity index (χ4n) is 3.13. The van der Waals surface area contributed by atoms with E-state index in [0.717, 1.165) is 18.0 Å². The molecule has 1 aromatic heterocycles. The average Bonchev–Trinajstić information content (AvgIpc) is 3.03. The molecular weight excluding hydrogens is 582 g/mol. The summed E-state index contributed by atoms with van der Waals surface area (Å²) in [6.45, 7) is 8.92. The number of hydrogen-bond donors (Lipinski definition) is 3. The van der Waals surface area contributed by atoms with Crippen molar-refractivity contribution < 1.29 is 42.2 Å². The fourth-order valence-corrected chi connectivity index (χ4v) is 5.81. The Kier molecular flexibility index (Phi) is 11.5. The van der Waals surface area contributed by atoms with E-state index in [4.69, 9.17) is 35.9 Å². The average molecular weight is 617 g/mol. The van der Waals surface area contributed by atoms with Crippen molar-refractivity contribution >= 4 is 48.0 Å². The lowest BCUT2D eigenvalue weighted by Crippen LogP contribution is -2.41. The van der Waals surface area contributed by atoms with Crippen LogP contribution in [0.25, 0.3) is 0 Å². The predicted octanol–water partition coefficient (Wildman–Crippen LogP) is 2.37. The van der Waals surface area contributed by atoms with E-state index in [-0.39, 0.29) is 23.3 Å². The van der Waals surface area contributed by atoms with Gasteiger partial charge in [0.05, 0.1) is 19.3 Å². The number of carbonyl (C=O) groups is 2. The Bertz CT molecular complexity index is 1130. The highest BCUT2D eigenvalue weighted by Gasteiger charge is 2.58. The van der Waals surface area contributed by atoms with E-state index in [0.29, 0.717) is 4.57 Å². The number of aromatic nitrogens is 2. The highest BCUT2D eigenvalue weighted by molar-refractivity contribution is 8.13. The number of thioether (sulfide) groups is 1. The van der Waals surface area contributed by atoms with Gasteiger partial charge in [0.15, 0.2) is 11.3 Å². The lowest BCUT2D eigenvalue weighted by Gasteiger charge is -2.25. The number of rotatable bonds is 12. The number of anilines is 1. The lowest BCUT2D eigenvalue weighted by molar-refractivity contribution is -0.149. The second-order valence-electron chi connectivity index (χ2n) is 10.0. The van der Waals surface area contributed by atoms with Crippen LogP contribution in [0.15, 0.2) is 17.1 Å². The number of ether oxygens (including phenoxy) is 2. The molecule has 1 aromatic rings. The minimum absolute atomic E-state index is 0.114. The van der Waals surface area contributed by atoms with Gasteiger partial charge in [-0.2, -0.15) is 4.98 Å². The van der Waals surface area contributed by atoms with E-state index >= 15 is 4.39 Å². The summed E-state index contributed by atoms with van der Waals surface area (Å²) in [6, 6.07) is 0.0527. The molecule has 0 bridgehead atoms. The zero-order chi connectivity index (χ0) is 29.8. The molecule has 2 rings (SSSR count). The van der Waals surface area contributed by atoms with Gasteiger partial charge in [0, 0.05) is 17.4 Å². The largest absolute Gasteiger partial charge is 0.462 e. The molecule has 0 unspecified atom stereocenters. The molecule has 39 heavy (non-hydrogen) atoms. The van der Waals surface area contributed by atoms with Crippen molar-refractivity contribution in [3.8, 4) is 0 Å². The summed E-state index contributed by atoms with van der Waals surface area (Å²) >= 11 is 6.85. The molecule has 1 fully saturated rings. The second kappa shape index (κ2) is 13.4. The molecule has 13 nitrogen and oxygen atoms in total. The Morgan fingerprint density at radius 2 is 2.03 bits per heavy atom. The third-order valence-electron chi connectivity index (χ3n) is 5.14. The summed E-state index contributed by atoms with van der Waals surface area (Å²) < 4.78 is 50.8. The highest BCUT2D eigenvalue weighted by Crippen LogP contribution is 2.48. The number of aliphatic hydroxyl groups is 1. The second-order valence-corrected chi connectivity index (χ2v) is 13.5. The monoisotopic (exact) mass is 616 g/mol. The number of alkyl halides is 2. The molecule has 0 spiro atoms. The van der Waals surface area contributed by atoms with E-state index in [1.807, 2.05) is 0 Å². The van der Waals surface area contributed by atoms with Crippen molar-refractivity contribution in [2.75, 3.05) is 24.7 Å². The Morgan fingerprint density at radius 3 is 2.59 bits per heavy atom. The number of nitrogen functional groups attached to an aromatic ring is 1. The number of nitrogens with two attached hydrogens (primary N) is 1. The predicted molar refractivity (Wildman–Crippen MR) is 143 cm³/mol. The topological polar surface area (TPSA) is 181 Å². The van der Waals surface area contributed by atoms with Crippen LogP contribution < -0.4 is 16.5 Å². The third kappa shape index (κ3) is 9.22. The summed E-state index contributed by atoms with van der Waals surface area (Å²) in [5, 5.41) is 9.79. The minimum atomic E-state index is -4.33. The molecule has 4 N–H and O–H groups in total. The van der Waals surface area contributed by atoms with E-state index in [1.54, 1.807) is 34.6 Å². The first kappa shape index (κ1) is 33.6. The van der Waals surface area contributed by atoms with Crippen LogP contribution >= 0.6 is 31.1 Å². The van der Waals surface area contributed by atoms with Gasteiger partial charge in [-0.3, -0.25) is 23.2 Å². The minimum Gasteiger partial charge on any atom is -0.462 e. The number of nitrogens with one attached hydrogen (secondary N) is 1. The Labute approximate surface area is 234 Å². The van der Waals surface area contributed by atoms with Crippen molar-refractivity contribution in [3.63, 3.8) is 0 Å². The Balaban J connectivity index is 2.16. The zero-order valence-corrected chi connectivity index (χ0v) is 24.9. The van der Waals surface area contributed by atoms with Gasteiger partial charge in [0.1, 0.15) is 24.1 Å². The maximum atomic E-state index is 15.3. The van der Waals surface area contributed by atoms with Crippen LogP contribution in [0.1, 0.15) is 47.8 Å². The summed E-state index contributed by atoms with van der Waals surface area (Å²) in [7, 11) is -4.33. The van der Waals surface area contributed by atoms with Crippen LogP contribution in [0, 0.1) is 5.41 Å². The highest BCUT2D eigenvalue weighted by atomic mass is 35.5. The number of nitrogens with zero attached hydrogens (tertiary/aromatic N) is 2. The standard InChI is InChI=1S/C22H35ClFN4O9PS/c1-12(2)36-17(30)13(3)27-38(33,34-9-10-39-19(31)21(4,5)6)35-11-14-16(29)22(23,24)18(37-14)28-8-7-15(25)26-20(28)32/h7-8,12-14,16,18,29H,9-11H2,1-6H3,(H,27,33)(H2,25,26,32)/t13-,14-,16-,18-,22-,38+/m1/s1. The molecular formula is C22H35ClFN4O9PS. The molecule has 1 aliphatic rings. The van der Waals surface area contributed by atoms with Crippen molar-refractivity contribution in [1.82, 2.24) is 14.6 Å². The van der Waals surface area contributed by atoms with Crippen molar-refractivity contribution in [1.29, 1.82) is 0 Å². The summed E-state index contributed by atoms with van der Waals surface area (Å²) in [5.74, 6) is -0.751. The molecule has 1 saturated heterocycles. The summed E-state index contributed by atoms with van der Waals surface area (Å²) in [6.07, 6.45) is -4.73. The molecule has 17 heteroatoms. The Hall–Kier alpha value is -1.58. The molecule has 6 atom stereocenters. The smallest absolute Gasteiger partial charge is 0.406 e. The van der Waals surface area contributed by atoms with Gasteiger partial charge in [-0.1, -0.05) is 44.1 Å². The van der Waals surface area contributed by atoms with Crippen LogP contribution in [-0.4, -0.2) is 74.2 Å². The first-order valence-corrected chi connectivity index (χ1v) is 14.9. The van der Waals surface area contributed by atoms with Crippen LogP contribution in [0.5, 0.6) is 0 Å². The maximum absolute atomic E-state index is 15.3. The molecule has 0 radical (unpaired) electrons.